The molecular formula is C15H24N2S. The molecule has 18 heavy (non-hydrogen) atoms. The molecule has 0 radical (unpaired) electrons. The molecule has 1 aromatic rings. The van der Waals surface area contributed by atoms with E-state index in [1.54, 1.807) is 0 Å². The van der Waals surface area contributed by atoms with Gasteiger partial charge in [-0.25, -0.2) is 0 Å². The van der Waals surface area contributed by atoms with Crippen molar-refractivity contribution in [1.29, 1.82) is 0 Å². The van der Waals surface area contributed by atoms with Crippen molar-refractivity contribution in [1.82, 2.24) is 4.90 Å². The highest BCUT2D eigenvalue weighted by atomic mass is 32.2. The van der Waals surface area contributed by atoms with Gasteiger partial charge in [0, 0.05) is 24.4 Å². The summed E-state index contributed by atoms with van der Waals surface area (Å²) in [6.07, 6.45) is 1.29. The maximum Gasteiger partial charge on any atom is 0.0473 e. The van der Waals surface area contributed by atoms with E-state index in [-0.39, 0.29) is 0 Å². The molecule has 1 aliphatic rings. The summed E-state index contributed by atoms with van der Waals surface area (Å²) >= 11 is 2.06. The monoisotopic (exact) mass is 264 g/mol. The van der Waals surface area contributed by atoms with E-state index < -0.39 is 0 Å². The lowest BCUT2D eigenvalue weighted by Crippen LogP contribution is -2.39. The predicted molar refractivity (Wildman–Crippen MR) is 81.2 cm³/mol. The predicted octanol–water partition coefficient (Wildman–Crippen LogP) is 2.74. The van der Waals surface area contributed by atoms with Crippen molar-refractivity contribution in [2.24, 2.45) is 5.73 Å². The van der Waals surface area contributed by atoms with E-state index in [4.69, 9.17) is 5.73 Å². The van der Waals surface area contributed by atoms with E-state index in [9.17, 15) is 0 Å². The van der Waals surface area contributed by atoms with Gasteiger partial charge in [-0.15, -0.1) is 0 Å². The molecule has 2 nitrogen and oxygen atoms in total. The number of thioether (sulfide) groups is 1. The number of hydrogen-bond acceptors (Lipinski definition) is 3. The van der Waals surface area contributed by atoms with Crippen LogP contribution in [-0.4, -0.2) is 36.0 Å². The number of likely N-dealkylation sites (N-methyl/N-ethyl adjacent to an activating group) is 1. The Morgan fingerprint density at radius 1 is 1.44 bits per heavy atom. The van der Waals surface area contributed by atoms with Crippen LogP contribution in [0.4, 0.5) is 0 Å². The highest BCUT2D eigenvalue weighted by molar-refractivity contribution is 7.99. The van der Waals surface area contributed by atoms with Crippen molar-refractivity contribution in [2.75, 3.05) is 25.1 Å². The first-order chi connectivity index (χ1) is 8.65. The van der Waals surface area contributed by atoms with Gasteiger partial charge in [0.15, 0.2) is 0 Å². The zero-order valence-electron chi connectivity index (χ0n) is 11.6. The second-order valence-electron chi connectivity index (χ2n) is 5.22. The Balaban J connectivity index is 2.24. The lowest BCUT2D eigenvalue weighted by Gasteiger charge is -2.33. The molecule has 1 aliphatic heterocycles. The molecule has 1 saturated heterocycles. The first-order valence-corrected chi connectivity index (χ1v) is 7.86. The Morgan fingerprint density at radius 2 is 2.22 bits per heavy atom. The molecule has 2 atom stereocenters. The van der Waals surface area contributed by atoms with E-state index in [0.29, 0.717) is 18.6 Å². The van der Waals surface area contributed by atoms with Gasteiger partial charge in [-0.1, -0.05) is 18.2 Å². The summed E-state index contributed by atoms with van der Waals surface area (Å²) in [6, 6.07) is 7.60. The number of benzene rings is 1. The molecule has 1 aromatic carbocycles. The third-order valence-corrected chi connectivity index (χ3v) is 5.35. The molecule has 1 heterocycles. The van der Waals surface area contributed by atoms with Crippen LogP contribution >= 0.6 is 11.8 Å². The summed E-state index contributed by atoms with van der Waals surface area (Å²) in [6.45, 7) is 5.09. The lowest BCUT2D eigenvalue weighted by molar-refractivity contribution is 0.192. The molecule has 0 amide bonds. The standard InChI is InChI=1S/C15H24N2S/c1-11-5-4-6-14(12(11)2)15(9-16)17(3)13-7-8-18-10-13/h4-6,13,15H,7-10,16H2,1-3H3. The SMILES string of the molecule is Cc1cccc(C(CN)N(C)C2CCSC2)c1C. The summed E-state index contributed by atoms with van der Waals surface area (Å²) in [5.41, 5.74) is 10.2. The van der Waals surface area contributed by atoms with E-state index in [1.807, 2.05) is 0 Å². The number of hydrogen-bond donors (Lipinski definition) is 1. The summed E-state index contributed by atoms with van der Waals surface area (Å²) in [7, 11) is 2.23. The second-order valence-corrected chi connectivity index (χ2v) is 6.37. The van der Waals surface area contributed by atoms with Crippen LogP contribution in [0.1, 0.15) is 29.2 Å². The van der Waals surface area contributed by atoms with Crippen molar-refractivity contribution in [3.8, 4) is 0 Å². The second kappa shape index (κ2) is 6.09. The zero-order valence-corrected chi connectivity index (χ0v) is 12.5. The van der Waals surface area contributed by atoms with Crippen LogP contribution in [0.5, 0.6) is 0 Å². The van der Waals surface area contributed by atoms with Crippen LogP contribution in [0.2, 0.25) is 0 Å². The minimum Gasteiger partial charge on any atom is -0.329 e. The molecule has 1 fully saturated rings. The summed E-state index contributed by atoms with van der Waals surface area (Å²) in [4.78, 5) is 2.49. The molecule has 2 unspecified atom stereocenters. The fraction of sp³-hybridized carbons (Fsp3) is 0.600. The quantitative estimate of drug-likeness (QED) is 0.906. The average molecular weight is 264 g/mol. The highest BCUT2D eigenvalue weighted by Crippen LogP contribution is 2.30. The number of rotatable bonds is 4. The molecule has 0 saturated carbocycles. The fourth-order valence-corrected chi connectivity index (χ4v) is 4.02. The Labute approximate surface area is 115 Å². The molecule has 0 bridgehead atoms. The first-order valence-electron chi connectivity index (χ1n) is 6.71. The van der Waals surface area contributed by atoms with Gasteiger partial charge in [0.1, 0.15) is 0 Å². The topological polar surface area (TPSA) is 29.3 Å². The van der Waals surface area contributed by atoms with Crippen molar-refractivity contribution < 1.29 is 0 Å². The van der Waals surface area contributed by atoms with E-state index in [0.717, 1.165) is 0 Å². The van der Waals surface area contributed by atoms with E-state index >= 15 is 0 Å². The highest BCUT2D eigenvalue weighted by Gasteiger charge is 2.27. The van der Waals surface area contributed by atoms with Gasteiger partial charge in [-0.05, 0) is 49.8 Å². The number of aryl methyl sites for hydroxylation is 1. The summed E-state index contributed by atoms with van der Waals surface area (Å²) < 4.78 is 0. The van der Waals surface area contributed by atoms with Crippen molar-refractivity contribution in [3.63, 3.8) is 0 Å². The summed E-state index contributed by atoms with van der Waals surface area (Å²) in [5, 5.41) is 0. The average Bonchev–Trinajstić information content (AvgIpc) is 2.89. The number of nitrogens with two attached hydrogens (primary N) is 1. The Morgan fingerprint density at radius 3 is 2.83 bits per heavy atom. The lowest BCUT2D eigenvalue weighted by atomic mass is 9.95. The maximum absolute atomic E-state index is 6.04. The van der Waals surface area contributed by atoms with Crippen LogP contribution in [0, 0.1) is 13.8 Å². The van der Waals surface area contributed by atoms with Crippen molar-refractivity contribution >= 4 is 11.8 Å². The Bertz CT molecular complexity index is 399. The normalized spacial score (nSPS) is 21.5. The zero-order chi connectivity index (χ0) is 13.1. The van der Waals surface area contributed by atoms with Crippen LogP contribution in [0.15, 0.2) is 18.2 Å². The molecule has 100 valence electrons. The van der Waals surface area contributed by atoms with E-state index in [2.05, 4.69) is 55.8 Å². The van der Waals surface area contributed by atoms with Gasteiger partial charge in [-0.2, -0.15) is 11.8 Å². The fourth-order valence-electron chi connectivity index (χ4n) is 2.75. The van der Waals surface area contributed by atoms with Crippen LogP contribution in [0.3, 0.4) is 0 Å². The minimum absolute atomic E-state index is 0.355. The molecular weight excluding hydrogens is 240 g/mol. The summed E-state index contributed by atoms with van der Waals surface area (Å²) in [5.74, 6) is 2.54. The van der Waals surface area contributed by atoms with Gasteiger partial charge >= 0.3 is 0 Å². The van der Waals surface area contributed by atoms with Crippen molar-refractivity contribution in [2.45, 2.75) is 32.4 Å². The smallest absolute Gasteiger partial charge is 0.0473 e. The van der Waals surface area contributed by atoms with Crippen molar-refractivity contribution in [3.05, 3.63) is 34.9 Å². The largest absolute Gasteiger partial charge is 0.329 e. The third kappa shape index (κ3) is 2.73. The van der Waals surface area contributed by atoms with Gasteiger partial charge in [0.2, 0.25) is 0 Å². The van der Waals surface area contributed by atoms with Crippen LogP contribution in [-0.2, 0) is 0 Å². The minimum atomic E-state index is 0.355. The Hall–Kier alpha value is -0.510. The number of nitrogens with zero attached hydrogens (tertiary/aromatic N) is 1. The third-order valence-electron chi connectivity index (χ3n) is 4.20. The molecule has 2 rings (SSSR count). The Kier molecular flexibility index (Phi) is 4.71. The van der Waals surface area contributed by atoms with Gasteiger partial charge in [0.25, 0.3) is 0 Å². The molecule has 0 aliphatic carbocycles. The molecule has 0 aromatic heterocycles. The van der Waals surface area contributed by atoms with E-state index in [1.165, 1.54) is 34.6 Å². The van der Waals surface area contributed by atoms with Crippen LogP contribution in [0.25, 0.3) is 0 Å². The first kappa shape index (κ1) is 13.9. The van der Waals surface area contributed by atoms with Gasteiger partial charge in [-0.3, -0.25) is 4.90 Å². The van der Waals surface area contributed by atoms with Crippen LogP contribution < -0.4 is 5.73 Å². The van der Waals surface area contributed by atoms with Gasteiger partial charge < -0.3 is 5.73 Å². The molecule has 2 N–H and O–H groups in total. The molecule has 3 heteroatoms. The molecule has 0 spiro atoms. The maximum atomic E-state index is 6.04. The van der Waals surface area contributed by atoms with Gasteiger partial charge in [0.05, 0.1) is 0 Å².